The van der Waals surface area contributed by atoms with Gasteiger partial charge in [-0.15, -0.1) is 0 Å². The van der Waals surface area contributed by atoms with Gasteiger partial charge in [-0.3, -0.25) is 0 Å². The molecule has 0 saturated heterocycles. The molecule has 1 aromatic heterocycles. The predicted molar refractivity (Wildman–Crippen MR) is 69.4 cm³/mol. The number of aromatic nitrogens is 1. The quantitative estimate of drug-likeness (QED) is 0.801. The number of nitrogens with zero attached hydrogens (tertiary/aromatic N) is 1. The van der Waals surface area contributed by atoms with Crippen molar-refractivity contribution in [1.82, 2.24) is 4.98 Å². The molecule has 1 unspecified atom stereocenters. The van der Waals surface area contributed by atoms with E-state index in [2.05, 4.69) is 36.3 Å². The fourth-order valence-corrected chi connectivity index (χ4v) is 2.31. The van der Waals surface area contributed by atoms with Crippen LogP contribution in [0.4, 0.5) is 5.82 Å². The molecule has 0 aliphatic carbocycles. The van der Waals surface area contributed by atoms with E-state index in [4.69, 9.17) is 0 Å². The number of nitrogens with one attached hydrogen (secondary N) is 1. The summed E-state index contributed by atoms with van der Waals surface area (Å²) in [5.74, 6) is 4.00. The van der Waals surface area contributed by atoms with Gasteiger partial charge in [-0.25, -0.2) is 4.98 Å². The lowest BCUT2D eigenvalue weighted by atomic mass is 10.2. The van der Waals surface area contributed by atoms with Crippen LogP contribution < -0.4 is 5.32 Å². The van der Waals surface area contributed by atoms with Crippen molar-refractivity contribution < 1.29 is 0 Å². The molecule has 0 fully saturated rings. The summed E-state index contributed by atoms with van der Waals surface area (Å²) in [6, 6.07) is 6.13. The largest absolute Gasteiger partial charge is 0.373 e. The first-order chi connectivity index (χ1) is 7.26. The second-order valence-corrected chi connectivity index (χ2v) is 4.82. The number of hydrogen-bond donors (Lipinski definition) is 1. The first kappa shape index (κ1) is 12.4. The van der Waals surface area contributed by atoms with Crippen LogP contribution in [0.5, 0.6) is 0 Å². The van der Waals surface area contributed by atoms with Gasteiger partial charge in [0.2, 0.25) is 0 Å². The number of hydrogen-bond acceptors (Lipinski definition) is 3. The third-order valence-corrected chi connectivity index (χ3v) is 3.72. The van der Waals surface area contributed by atoms with Crippen LogP contribution in [-0.4, -0.2) is 17.8 Å². The summed E-state index contributed by atoms with van der Waals surface area (Å²) in [6.07, 6.45) is 1.26. The normalized spacial score (nSPS) is 12.5. The van der Waals surface area contributed by atoms with Crippen LogP contribution in [0.15, 0.2) is 18.2 Å². The molecule has 1 N–H and O–H groups in total. The molecular formula is C12H20N2S. The molecule has 1 heterocycles. The molecule has 0 saturated carbocycles. The van der Waals surface area contributed by atoms with Crippen molar-refractivity contribution in [1.29, 1.82) is 0 Å². The minimum Gasteiger partial charge on any atom is -0.373 e. The highest BCUT2D eigenvalue weighted by Crippen LogP contribution is 2.16. The van der Waals surface area contributed by atoms with Gasteiger partial charge >= 0.3 is 0 Å². The Kier molecular flexibility index (Phi) is 5.54. The summed E-state index contributed by atoms with van der Waals surface area (Å²) in [4.78, 5) is 4.48. The summed E-state index contributed by atoms with van der Waals surface area (Å²) in [7, 11) is 1.90. The molecule has 0 amide bonds. The second kappa shape index (κ2) is 6.72. The minimum absolute atomic E-state index is 0.808. The van der Waals surface area contributed by atoms with Crippen molar-refractivity contribution in [2.75, 3.05) is 18.1 Å². The van der Waals surface area contributed by atoms with E-state index in [9.17, 15) is 0 Å². The summed E-state index contributed by atoms with van der Waals surface area (Å²) in [5, 5.41) is 3.06. The molecule has 0 spiro atoms. The zero-order chi connectivity index (χ0) is 11.1. The number of thioether (sulfide) groups is 1. The fraction of sp³-hybridized carbons (Fsp3) is 0.583. The van der Waals surface area contributed by atoms with Crippen LogP contribution in [0.1, 0.15) is 26.0 Å². The Balaban J connectivity index is 2.37. The molecule has 0 bridgehead atoms. The Hall–Kier alpha value is -0.700. The molecule has 1 atom stereocenters. The van der Waals surface area contributed by atoms with Gasteiger partial charge < -0.3 is 5.32 Å². The fourth-order valence-electron chi connectivity index (χ4n) is 1.18. The maximum Gasteiger partial charge on any atom is 0.125 e. The summed E-state index contributed by atoms with van der Waals surface area (Å²) in [6.45, 7) is 4.54. The topological polar surface area (TPSA) is 24.9 Å². The van der Waals surface area contributed by atoms with Crippen LogP contribution >= 0.6 is 11.8 Å². The minimum atomic E-state index is 0.808. The van der Waals surface area contributed by atoms with E-state index in [-0.39, 0.29) is 0 Å². The molecule has 0 aromatic carbocycles. The van der Waals surface area contributed by atoms with Gasteiger partial charge in [0.25, 0.3) is 0 Å². The smallest absolute Gasteiger partial charge is 0.125 e. The summed E-state index contributed by atoms with van der Waals surface area (Å²) in [5.41, 5.74) is 1.16. The Morgan fingerprint density at radius 3 is 2.93 bits per heavy atom. The molecule has 3 heteroatoms. The maximum absolute atomic E-state index is 4.48. The number of pyridine rings is 1. The summed E-state index contributed by atoms with van der Waals surface area (Å²) >= 11 is 1.97. The van der Waals surface area contributed by atoms with Crippen molar-refractivity contribution in [3.63, 3.8) is 0 Å². The van der Waals surface area contributed by atoms with E-state index < -0.39 is 0 Å². The highest BCUT2D eigenvalue weighted by atomic mass is 32.2. The Labute approximate surface area is 96.9 Å². The second-order valence-electron chi connectivity index (χ2n) is 3.79. The highest BCUT2D eigenvalue weighted by Gasteiger charge is 2.00. The van der Waals surface area contributed by atoms with Crippen LogP contribution in [0.2, 0.25) is 0 Å². The average molecular weight is 224 g/mol. The predicted octanol–water partition coefficient (Wildman–Crippen LogP) is 3.40. The lowest BCUT2D eigenvalue weighted by Crippen LogP contribution is -1.98. The molecule has 1 rings (SSSR count). The van der Waals surface area contributed by atoms with Crippen molar-refractivity contribution in [3.8, 4) is 0 Å². The summed E-state index contributed by atoms with van der Waals surface area (Å²) < 4.78 is 0. The van der Waals surface area contributed by atoms with Crippen LogP contribution in [0.25, 0.3) is 0 Å². The zero-order valence-corrected chi connectivity index (χ0v) is 10.6. The van der Waals surface area contributed by atoms with Crippen molar-refractivity contribution in [3.05, 3.63) is 23.9 Å². The van der Waals surface area contributed by atoms with Crippen LogP contribution in [0, 0.1) is 5.92 Å². The molecule has 2 nitrogen and oxygen atoms in total. The Morgan fingerprint density at radius 2 is 2.27 bits per heavy atom. The van der Waals surface area contributed by atoms with E-state index in [1.54, 1.807) is 0 Å². The highest BCUT2D eigenvalue weighted by molar-refractivity contribution is 7.98. The first-order valence-electron chi connectivity index (χ1n) is 5.47. The van der Waals surface area contributed by atoms with Gasteiger partial charge in [0.1, 0.15) is 5.82 Å². The van der Waals surface area contributed by atoms with Gasteiger partial charge in [-0.2, -0.15) is 11.8 Å². The van der Waals surface area contributed by atoms with Gasteiger partial charge in [-0.1, -0.05) is 26.3 Å². The molecule has 84 valence electrons. The monoisotopic (exact) mass is 224 g/mol. The van der Waals surface area contributed by atoms with Gasteiger partial charge in [0.15, 0.2) is 0 Å². The van der Waals surface area contributed by atoms with Crippen LogP contribution in [-0.2, 0) is 5.75 Å². The third kappa shape index (κ3) is 4.56. The first-order valence-corrected chi connectivity index (χ1v) is 6.63. The Bertz CT molecular complexity index is 289. The average Bonchev–Trinajstić information content (AvgIpc) is 2.29. The van der Waals surface area contributed by atoms with E-state index in [1.165, 1.54) is 12.2 Å². The lowest BCUT2D eigenvalue weighted by Gasteiger charge is -2.07. The molecule has 1 aromatic rings. The van der Waals surface area contributed by atoms with Gasteiger partial charge in [-0.05, 0) is 23.8 Å². The maximum atomic E-state index is 4.48. The molecular weight excluding hydrogens is 204 g/mol. The standard InChI is InChI=1S/C12H20N2S/c1-4-10(2)8-15-9-11-6-5-7-12(13-3)14-11/h5-7,10H,4,8-9H2,1-3H3,(H,13,14). The Morgan fingerprint density at radius 1 is 1.47 bits per heavy atom. The zero-order valence-electron chi connectivity index (χ0n) is 9.79. The molecule has 0 aliphatic rings. The van der Waals surface area contributed by atoms with Crippen LogP contribution in [0.3, 0.4) is 0 Å². The number of rotatable bonds is 6. The van der Waals surface area contributed by atoms with Crippen molar-refractivity contribution in [2.45, 2.75) is 26.0 Å². The van der Waals surface area contributed by atoms with Crippen molar-refractivity contribution in [2.24, 2.45) is 5.92 Å². The van der Waals surface area contributed by atoms with E-state index in [0.717, 1.165) is 23.2 Å². The van der Waals surface area contributed by atoms with Crippen molar-refractivity contribution >= 4 is 17.6 Å². The lowest BCUT2D eigenvalue weighted by molar-refractivity contribution is 0.637. The van der Waals surface area contributed by atoms with Gasteiger partial charge in [0.05, 0.1) is 5.69 Å². The van der Waals surface area contributed by atoms with E-state index in [0.29, 0.717) is 0 Å². The third-order valence-electron chi connectivity index (χ3n) is 2.41. The van der Waals surface area contributed by atoms with E-state index in [1.807, 2.05) is 24.9 Å². The molecule has 0 radical (unpaired) electrons. The van der Waals surface area contributed by atoms with Gasteiger partial charge in [0, 0.05) is 12.8 Å². The molecule has 15 heavy (non-hydrogen) atoms. The molecule has 0 aliphatic heterocycles. The SMILES string of the molecule is CCC(C)CSCc1cccc(NC)n1. The number of anilines is 1. The van der Waals surface area contributed by atoms with E-state index >= 15 is 0 Å².